The predicted molar refractivity (Wildman–Crippen MR) is 126 cm³/mol. The SMILES string of the molecule is CCOc1ccc(NC(=O)c2ccc3c(c2)C[C@H](C)N3S(=O)(=O)c2ccc(C)cc2)cc1. The molecule has 1 aliphatic rings. The van der Waals surface area contributed by atoms with Crippen LogP contribution in [0.2, 0.25) is 0 Å². The lowest BCUT2D eigenvalue weighted by Gasteiger charge is -2.24. The predicted octanol–water partition coefficient (Wildman–Crippen LogP) is 4.79. The van der Waals surface area contributed by atoms with Gasteiger partial charge in [0.1, 0.15) is 5.75 Å². The zero-order valence-corrected chi connectivity index (χ0v) is 19.1. The summed E-state index contributed by atoms with van der Waals surface area (Å²) in [5.74, 6) is 0.497. The van der Waals surface area contributed by atoms with E-state index < -0.39 is 10.0 Å². The van der Waals surface area contributed by atoms with Crippen molar-refractivity contribution < 1.29 is 17.9 Å². The van der Waals surface area contributed by atoms with Gasteiger partial charge < -0.3 is 10.1 Å². The van der Waals surface area contributed by atoms with E-state index in [1.165, 1.54) is 4.31 Å². The van der Waals surface area contributed by atoms with E-state index in [1.807, 2.05) is 20.8 Å². The molecule has 166 valence electrons. The number of amides is 1. The van der Waals surface area contributed by atoms with E-state index in [-0.39, 0.29) is 16.8 Å². The number of benzene rings is 3. The molecule has 32 heavy (non-hydrogen) atoms. The summed E-state index contributed by atoms with van der Waals surface area (Å²) in [6.07, 6.45) is 0.546. The highest BCUT2D eigenvalue weighted by Gasteiger charge is 2.36. The van der Waals surface area contributed by atoms with E-state index >= 15 is 0 Å². The first-order valence-corrected chi connectivity index (χ1v) is 12.0. The summed E-state index contributed by atoms with van der Waals surface area (Å²) in [4.78, 5) is 13.0. The van der Waals surface area contributed by atoms with Crippen molar-refractivity contribution in [2.75, 3.05) is 16.2 Å². The summed E-state index contributed by atoms with van der Waals surface area (Å²) in [5, 5.41) is 2.88. The van der Waals surface area contributed by atoms with Crippen molar-refractivity contribution in [2.45, 2.75) is 38.1 Å². The van der Waals surface area contributed by atoms with Crippen LogP contribution >= 0.6 is 0 Å². The van der Waals surface area contributed by atoms with Crippen molar-refractivity contribution in [2.24, 2.45) is 0 Å². The summed E-state index contributed by atoms with van der Waals surface area (Å²) in [5.41, 5.74) is 3.61. The molecule has 1 heterocycles. The second kappa shape index (κ2) is 8.67. The molecule has 0 aromatic heterocycles. The number of carbonyl (C=O) groups is 1. The maximum atomic E-state index is 13.3. The molecule has 0 saturated carbocycles. The lowest BCUT2D eigenvalue weighted by molar-refractivity contribution is 0.102. The average molecular weight is 451 g/mol. The Balaban J connectivity index is 1.57. The number of sulfonamides is 1. The van der Waals surface area contributed by atoms with E-state index in [4.69, 9.17) is 4.74 Å². The Kier molecular flexibility index (Phi) is 5.93. The summed E-state index contributed by atoms with van der Waals surface area (Å²) in [6, 6.07) is 19.0. The fourth-order valence-corrected chi connectivity index (χ4v) is 5.63. The van der Waals surface area contributed by atoms with Crippen LogP contribution in [-0.2, 0) is 16.4 Å². The molecule has 1 N–H and O–H groups in total. The Morgan fingerprint density at radius 3 is 2.41 bits per heavy atom. The van der Waals surface area contributed by atoms with Crippen molar-refractivity contribution in [3.8, 4) is 5.75 Å². The Morgan fingerprint density at radius 1 is 1.06 bits per heavy atom. The fraction of sp³-hybridized carbons (Fsp3) is 0.240. The van der Waals surface area contributed by atoms with Crippen LogP contribution in [-0.4, -0.2) is 27.0 Å². The van der Waals surface area contributed by atoms with E-state index in [0.29, 0.717) is 30.0 Å². The zero-order valence-electron chi connectivity index (χ0n) is 18.3. The largest absolute Gasteiger partial charge is 0.494 e. The van der Waals surface area contributed by atoms with Gasteiger partial charge >= 0.3 is 0 Å². The number of fused-ring (bicyclic) bond motifs is 1. The third-order valence-corrected chi connectivity index (χ3v) is 7.44. The average Bonchev–Trinajstić information content (AvgIpc) is 3.11. The zero-order chi connectivity index (χ0) is 22.9. The molecule has 3 aromatic rings. The van der Waals surface area contributed by atoms with Gasteiger partial charge in [-0.1, -0.05) is 17.7 Å². The minimum absolute atomic E-state index is 0.235. The molecule has 7 heteroatoms. The highest BCUT2D eigenvalue weighted by molar-refractivity contribution is 7.92. The van der Waals surface area contributed by atoms with Crippen molar-refractivity contribution in [3.05, 3.63) is 83.4 Å². The third-order valence-electron chi connectivity index (χ3n) is 5.50. The summed E-state index contributed by atoms with van der Waals surface area (Å²) in [7, 11) is -3.69. The Bertz CT molecular complexity index is 1240. The number of anilines is 2. The number of nitrogens with one attached hydrogen (secondary N) is 1. The van der Waals surface area contributed by atoms with Gasteiger partial charge in [-0.25, -0.2) is 8.42 Å². The van der Waals surface area contributed by atoms with Crippen molar-refractivity contribution in [3.63, 3.8) is 0 Å². The second-order valence-corrected chi connectivity index (χ2v) is 9.74. The van der Waals surface area contributed by atoms with Crippen molar-refractivity contribution in [1.82, 2.24) is 0 Å². The van der Waals surface area contributed by atoms with E-state index in [9.17, 15) is 13.2 Å². The lowest BCUT2D eigenvalue weighted by atomic mass is 10.1. The summed E-state index contributed by atoms with van der Waals surface area (Å²) >= 11 is 0. The molecule has 0 radical (unpaired) electrons. The van der Waals surface area contributed by atoms with Gasteiger partial charge in [-0.3, -0.25) is 9.10 Å². The summed E-state index contributed by atoms with van der Waals surface area (Å²) in [6.45, 7) is 6.29. The van der Waals surface area contributed by atoms with Crippen LogP contribution in [0.3, 0.4) is 0 Å². The number of aryl methyl sites for hydroxylation is 1. The van der Waals surface area contributed by atoms with Crippen molar-refractivity contribution >= 4 is 27.3 Å². The molecule has 1 aliphatic heterocycles. The van der Waals surface area contributed by atoms with Gasteiger partial charge in [0, 0.05) is 17.3 Å². The van der Waals surface area contributed by atoms with E-state index in [1.54, 1.807) is 66.7 Å². The first-order chi connectivity index (χ1) is 15.3. The number of rotatable bonds is 6. The minimum Gasteiger partial charge on any atom is -0.494 e. The van der Waals surface area contributed by atoms with Crippen molar-refractivity contribution in [1.29, 1.82) is 0 Å². The normalized spacial score (nSPS) is 15.3. The quantitative estimate of drug-likeness (QED) is 0.586. The van der Waals surface area contributed by atoms with E-state index in [2.05, 4.69) is 5.32 Å². The molecule has 0 fully saturated rings. The van der Waals surface area contributed by atoms with Crippen LogP contribution in [0.4, 0.5) is 11.4 Å². The van der Waals surface area contributed by atoms with Gasteiger partial charge in [0.2, 0.25) is 0 Å². The van der Waals surface area contributed by atoms with E-state index in [0.717, 1.165) is 16.9 Å². The molecule has 0 bridgehead atoms. The first-order valence-electron chi connectivity index (χ1n) is 10.6. The third kappa shape index (κ3) is 4.21. The number of carbonyl (C=O) groups excluding carboxylic acids is 1. The van der Waals surface area contributed by atoms with Crippen LogP contribution < -0.4 is 14.4 Å². The standard InChI is InChI=1S/C25H26N2O4S/c1-4-31-22-10-8-21(9-11-22)26-25(28)19-7-14-24-20(16-19)15-18(3)27(24)32(29,30)23-12-5-17(2)6-13-23/h5-14,16,18H,4,15H2,1-3H3,(H,26,28)/t18-/m0/s1. The number of nitrogens with zero attached hydrogens (tertiary/aromatic N) is 1. The van der Waals surface area contributed by atoms with Crippen LogP contribution in [0.1, 0.15) is 35.3 Å². The Hall–Kier alpha value is -3.32. The summed E-state index contributed by atoms with van der Waals surface area (Å²) < 4.78 is 33.5. The number of hydrogen-bond acceptors (Lipinski definition) is 4. The Labute approximate surface area is 188 Å². The number of ether oxygens (including phenoxy) is 1. The molecule has 0 saturated heterocycles. The highest BCUT2D eigenvalue weighted by atomic mass is 32.2. The van der Waals surface area contributed by atoms with Crippen LogP contribution in [0.25, 0.3) is 0 Å². The van der Waals surface area contributed by atoms with Gasteiger partial charge in [0.25, 0.3) is 15.9 Å². The smallest absolute Gasteiger partial charge is 0.264 e. The maximum Gasteiger partial charge on any atom is 0.264 e. The Morgan fingerprint density at radius 2 is 1.75 bits per heavy atom. The van der Waals surface area contributed by atoms with Crippen LogP contribution in [0.15, 0.2) is 71.6 Å². The maximum absolute atomic E-state index is 13.3. The highest BCUT2D eigenvalue weighted by Crippen LogP contribution is 2.37. The van der Waals surface area contributed by atoms with Crippen LogP contribution in [0, 0.1) is 6.92 Å². The molecular weight excluding hydrogens is 424 g/mol. The van der Waals surface area contributed by atoms with Gasteiger partial charge in [0.05, 0.1) is 17.2 Å². The van der Waals surface area contributed by atoms with Gasteiger partial charge in [-0.15, -0.1) is 0 Å². The second-order valence-electron chi connectivity index (χ2n) is 7.92. The lowest BCUT2D eigenvalue weighted by Crippen LogP contribution is -2.35. The molecule has 3 aromatic carbocycles. The molecule has 6 nitrogen and oxygen atoms in total. The minimum atomic E-state index is -3.69. The first kappa shape index (κ1) is 21.9. The molecule has 4 rings (SSSR count). The fourth-order valence-electron chi connectivity index (χ4n) is 3.94. The van der Waals surface area contributed by atoms with Gasteiger partial charge in [-0.05, 0) is 87.4 Å². The molecule has 0 aliphatic carbocycles. The molecule has 1 amide bonds. The van der Waals surface area contributed by atoms with Gasteiger partial charge in [-0.2, -0.15) is 0 Å². The van der Waals surface area contributed by atoms with Crippen LogP contribution in [0.5, 0.6) is 5.75 Å². The molecular formula is C25H26N2O4S. The molecule has 0 unspecified atom stereocenters. The topological polar surface area (TPSA) is 75.7 Å². The molecule has 0 spiro atoms. The monoisotopic (exact) mass is 450 g/mol. The van der Waals surface area contributed by atoms with Gasteiger partial charge in [0.15, 0.2) is 0 Å². The molecule has 1 atom stereocenters. The number of hydrogen-bond donors (Lipinski definition) is 1.